The van der Waals surface area contributed by atoms with E-state index in [1.54, 1.807) is 7.11 Å². The van der Waals surface area contributed by atoms with E-state index in [1.165, 1.54) is 0 Å². The van der Waals surface area contributed by atoms with Crippen LogP contribution in [-0.2, 0) is 4.74 Å². The Morgan fingerprint density at radius 3 is 2.56 bits per heavy atom. The van der Waals surface area contributed by atoms with Crippen LogP contribution >= 0.6 is 27.5 Å². The van der Waals surface area contributed by atoms with Crippen LogP contribution < -0.4 is 0 Å². The molecule has 0 radical (unpaired) electrons. The van der Waals surface area contributed by atoms with Crippen molar-refractivity contribution in [2.45, 2.75) is 12.5 Å². The molecule has 0 unspecified atom stereocenters. The van der Waals surface area contributed by atoms with Crippen molar-refractivity contribution in [2.75, 3.05) is 19.0 Å². The fourth-order valence-electron chi connectivity index (χ4n) is 1.05. The molecule has 4 heteroatoms. The number of rotatable bonds is 5. The average molecular weight is 305 g/mol. The SMILES string of the molecule is CO[C@@](C)(CBr)CN=Cc1ccc(Cl)cc1. The molecule has 0 aliphatic rings. The molecule has 1 aromatic rings. The van der Waals surface area contributed by atoms with Gasteiger partial charge in [0.25, 0.3) is 0 Å². The molecule has 0 saturated heterocycles. The summed E-state index contributed by atoms with van der Waals surface area (Å²) >= 11 is 9.20. The molecule has 0 saturated carbocycles. The van der Waals surface area contributed by atoms with E-state index in [2.05, 4.69) is 20.9 Å². The van der Waals surface area contributed by atoms with Crippen LogP contribution in [0.4, 0.5) is 0 Å². The maximum Gasteiger partial charge on any atom is 0.0941 e. The van der Waals surface area contributed by atoms with E-state index in [-0.39, 0.29) is 5.60 Å². The monoisotopic (exact) mass is 303 g/mol. The molecule has 0 N–H and O–H groups in total. The van der Waals surface area contributed by atoms with Crippen LogP contribution in [0.15, 0.2) is 29.3 Å². The second-order valence-electron chi connectivity index (χ2n) is 3.81. The summed E-state index contributed by atoms with van der Waals surface area (Å²) in [6, 6.07) is 7.57. The third-order valence-electron chi connectivity index (χ3n) is 2.31. The Balaban J connectivity index is 2.57. The summed E-state index contributed by atoms with van der Waals surface area (Å²) in [5.74, 6) is 0. The zero-order chi connectivity index (χ0) is 12.0. The Morgan fingerprint density at radius 2 is 2.06 bits per heavy atom. The zero-order valence-corrected chi connectivity index (χ0v) is 11.8. The standard InChI is InChI=1S/C12H15BrClNO/c1-12(8-13,16-2)9-15-7-10-3-5-11(14)6-4-10/h3-7H,8-9H2,1-2H3/t12-/m0/s1. The molecule has 0 aliphatic heterocycles. The lowest BCUT2D eigenvalue weighted by atomic mass is 10.1. The number of alkyl halides is 1. The van der Waals surface area contributed by atoms with Crippen LogP contribution in [-0.4, -0.2) is 30.8 Å². The summed E-state index contributed by atoms with van der Waals surface area (Å²) in [5, 5.41) is 1.49. The van der Waals surface area contributed by atoms with Gasteiger partial charge in [-0.2, -0.15) is 0 Å². The van der Waals surface area contributed by atoms with Gasteiger partial charge in [-0.15, -0.1) is 0 Å². The van der Waals surface area contributed by atoms with Crippen molar-refractivity contribution in [3.8, 4) is 0 Å². The van der Waals surface area contributed by atoms with Crippen molar-refractivity contribution in [1.29, 1.82) is 0 Å². The Labute approximate surface area is 110 Å². The van der Waals surface area contributed by atoms with E-state index in [0.717, 1.165) is 15.9 Å². The van der Waals surface area contributed by atoms with Gasteiger partial charge in [-0.1, -0.05) is 39.7 Å². The molecule has 0 spiro atoms. The first-order valence-corrected chi connectivity index (χ1v) is 6.46. The fourth-order valence-corrected chi connectivity index (χ4v) is 1.59. The second-order valence-corrected chi connectivity index (χ2v) is 4.81. The molecule has 0 amide bonds. The molecule has 0 aromatic heterocycles. The third-order valence-corrected chi connectivity index (χ3v) is 3.75. The Morgan fingerprint density at radius 1 is 1.44 bits per heavy atom. The predicted octanol–water partition coefficient (Wildman–Crippen LogP) is 3.56. The summed E-state index contributed by atoms with van der Waals surface area (Å²) in [7, 11) is 1.69. The molecule has 0 aliphatic carbocycles. The van der Waals surface area contributed by atoms with Gasteiger partial charge in [-0.05, 0) is 24.6 Å². The summed E-state index contributed by atoms with van der Waals surface area (Å²) in [6.45, 7) is 2.64. The number of benzene rings is 1. The van der Waals surface area contributed by atoms with E-state index in [4.69, 9.17) is 16.3 Å². The molecule has 1 atom stereocenters. The fraction of sp³-hybridized carbons (Fsp3) is 0.417. The molecule has 1 rings (SSSR count). The van der Waals surface area contributed by atoms with Crippen LogP contribution in [0.5, 0.6) is 0 Å². The largest absolute Gasteiger partial charge is 0.376 e. The molecular weight excluding hydrogens is 289 g/mol. The van der Waals surface area contributed by atoms with Gasteiger partial charge in [0.2, 0.25) is 0 Å². The number of halogens is 2. The first-order valence-electron chi connectivity index (χ1n) is 4.96. The Hall–Kier alpha value is -0.380. The van der Waals surface area contributed by atoms with Crippen LogP contribution in [0.1, 0.15) is 12.5 Å². The number of aliphatic imine (C=N–C) groups is 1. The van der Waals surface area contributed by atoms with Crippen molar-refractivity contribution in [1.82, 2.24) is 0 Å². The van der Waals surface area contributed by atoms with E-state index in [9.17, 15) is 0 Å². The van der Waals surface area contributed by atoms with E-state index >= 15 is 0 Å². The van der Waals surface area contributed by atoms with Gasteiger partial charge in [-0.25, -0.2) is 0 Å². The molecule has 0 heterocycles. The zero-order valence-electron chi connectivity index (χ0n) is 9.41. The number of hydrogen-bond acceptors (Lipinski definition) is 2. The van der Waals surface area contributed by atoms with E-state index in [1.807, 2.05) is 37.4 Å². The average Bonchev–Trinajstić information content (AvgIpc) is 2.31. The van der Waals surface area contributed by atoms with Crippen molar-refractivity contribution < 1.29 is 4.74 Å². The third kappa shape index (κ3) is 4.24. The smallest absolute Gasteiger partial charge is 0.0941 e. The maximum atomic E-state index is 5.79. The minimum Gasteiger partial charge on any atom is -0.376 e. The Kier molecular flexibility index (Phi) is 5.46. The van der Waals surface area contributed by atoms with Crippen LogP contribution in [0.3, 0.4) is 0 Å². The van der Waals surface area contributed by atoms with Gasteiger partial charge in [0, 0.05) is 23.7 Å². The van der Waals surface area contributed by atoms with E-state index < -0.39 is 0 Å². The molecule has 88 valence electrons. The predicted molar refractivity (Wildman–Crippen MR) is 73.1 cm³/mol. The van der Waals surface area contributed by atoms with Crippen LogP contribution in [0.25, 0.3) is 0 Å². The summed E-state index contributed by atoms with van der Waals surface area (Å²) in [4.78, 5) is 4.36. The normalized spacial score (nSPS) is 15.2. The van der Waals surface area contributed by atoms with Crippen molar-refractivity contribution in [2.24, 2.45) is 4.99 Å². The highest BCUT2D eigenvalue weighted by atomic mass is 79.9. The van der Waals surface area contributed by atoms with Gasteiger partial charge in [0.15, 0.2) is 0 Å². The van der Waals surface area contributed by atoms with Crippen LogP contribution in [0, 0.1) is 0 Å². The molecule has 2 nitrogen and oxygen atoms in total. The highest BCUT2D eigenvalue weighted by Gasteiger charge is 2.20. The molecule has 0 fully saturated rings. The highest BCUT2D eigenvalue weighted by molar-refractivity contribution is 9.09. The van der Waals surface area contributed by atoms with Crippen LogP contribution in [0.2, 0.25) is 5.02 Å². The highest BCUT2D eigenvalue weighted by Crippen LogP contribution is 2.13. The lowest BCUT2D eigenvalue weighted by molar-refractivity contribution is 0.0366. The molecule has 0 bridgehead atoms. The van der Waals surface area contributed by atoms with Crippen molar-refractivity contribution in [3.05, 3.63) is 34.9 Å². The van der Waals surface area contributed by atoms with Gasteiger partial charge in [0.05, 0.1) is 12.1 Å². The summed E-state index contributed by atoms with van der Waals surface area (Å²) < 4.78 is 5.36. The molecule has 1 aromatic carbocycles. The first-order chi connectivity index (χ1) is 7.59. The lowest BCUT2D eigenvalue weighted by Gasteiger charge is -2.23. The van der Waals surface area contributed by atoms with Crippen molar-refractivity contribution >= 4 is 33.7 Å². The second kappa shape index (κ2) is 6.38. The maximum absolute atomic E-state index is 5.79. The first kappa shape index (κ1) is 13.7. The number of hydrogen-bond donors (Lipinski definition) is 0. The minimum absolute atomic E-state index is 0.247. The van der Waals surface area contributed by atoms with Gasteiger partial charge < -0.3 is 4.74 Å². The van der Waals surface area contributed by atoms with Crippen molar-refractivity contribution in [3.63, 3.8) is 0 Å². The number of methoxy groups -OCH3 is 1. The number of nitrogens with zero attached hydrogens (tertiary/aromatic N) is 1. The quantitative estimate of drug-likeness (QED) is 0.602. The molecular formula is C12H15BrClNO. The number of ether oxygens (including phenoxy) is 1. The lowest BCUT2D eigenvalue weighted by Crippen LogP contribution is -2.32. The summed E-state index contributed by atoms with van der Waals surface area (Å²) in [5.41, 5.74) is 0.792. The molecule has 16 heavy (non-hydrogen) atoms. The minimum atomic E-state index is -0.247. The van der Waals surface area contributed by atoms with Gasteiger partial charge in [0.1, 0.15) is 0 Å². The van der Waals surface area contributed by atoms with E-state index in [0.29, 0.717) is 6.54 Å². The van der Waals surface area contributed by atoms with Gasteiger partial charge >= 0.3 is 0 Å². The summed E-state index contributed by atoms with van der Waals surface area (Å²) in [6.07, 6.45) is 1.83. The Bertz CT molecular complexity index is 347. The van der Waals surface area contributed by atoms with Gasteiger partial charge in [-0.3, -0.25) is 4.99 Å². The topological polar surface area (TPSA) is 21.6 Å².